The molecule has 130 valence electrons. The third kappa shape index (κ3) is 6.07. The highest BCUT2D eigenvalue weighted by Crippen LogP contribution is 2.30. The van der Waals surface area contributed by atoms with Crippen molar-refractivity contribution in [3.8, 4) is 0 Å². The average molecular weight is 334 g/mol. The molecule has 0 aromatic heterocycles. The summed E-state index contributed by atoms with van der Waals surface area (Å²) in [6.07, 6.45) is -5.11. The molecule has 8 heteroatoms. The number of carbonyl (C=O) groups is 1. The van der Waals surface area contributed by atoms with Crippen LogP contribution in [0.4, 0.5) is 18.0 Å². The van der Waals surface area contributed by atoms with Gasteiger partial charge in [0, 0.05) is 13.7 Å². The monoisotopic (exact) mass is 334 g/mol. The molecule has 23 heavy (non-hydrogen) atoms. The summed E-state index contributed by atoms with van der Waals surface area (Å²) in [5, 5.41) is 15.4. The normalized spacial score (nSPS) is 14.2. The Morgan fingerprint density at radius 3 is 2.39 bits per heavy atom. The minimum absolute atomic E-state index is 0.307. The van der Waals surface area contributed by atoms with Gasteiger partial charge in [0.05, 0.1) is 24.3 Å². The molecule has 1 aromatic carbocycles. The number of carbonyl (C=O) groups excluding carboxylic acids is 1. The van der Waals surface area contributed by atoms with Gasteiger partial charge in [0.2, 0.25) is 0 Å². The lowest BCUT2D eigenvalue weighted by Crippen LogP contribution is -2.45. The van der Waals surface area contributed by atoms with Gasteiger partial charge in [-0.2, -0.15) is 13.2 Å². The zero-order valence-corrected chi connectivity index (χ0v) is 13.0. The topological polar surface area (TPSA) is 70.6 Å². The first-order valence-corrected chi connectivity index (χ1v) is 7.18. The van der Waals surface area contributed by atoms with Gasteiger partial charge in [0.1, 0.15) is 0 Å². The Hall–Kier alpha value is -1.80. The third-order valence-corrected chi connectivity index (χ3v) is 3.31. The van der Waals surface area contributed by atoms with E-state index in [1.807, 2.05) is 0 Å². The minimum atomic E-state index is -4.42. The lowest BCUT2D eigenvalue weighted by Gasteiger charge is -2.23. The molecule has 0 radical (unpaired) electrons. The van der Waals surface area contributed by atoms with Crippen LogP contribution in [-0.2, 0) is 10.9 Å². The quantitative estimate of drug-likeness (QED) is 0.671. The first-order valence-electron chi connectivity index (χ1n) is 7.18. The number of ether oxygens (including phenoxy) is 1. The highest BCUT2D eigenvalue weighted by molar-refractivity contribution is 5.74. The molecule has 0 saturated carbocycles. The van der Waals surface area contributed by atoms with Crippen molar-refractivity contribution in [2.75, 3.05) is 20.3 Å². The molecule has 0 aliphatic rings. The van der Waals surface area contributed by atoms with Gasteiger partial charge >= 0.3 is 12.2 Å². The highest BCUT2D eigenvalue weighted by atomic mass is 19.4. The number of methoxy groups -OCH3 is 1. The summed E-state index contributed by atoms with van der Waals surface area (Å²) in [6.45, 7) is 2.42. The van der Waals surface area contributed by atoms with Crippen molar-refractivity contribution in [1.29, 1.82) is 0 Å². The van der Waals surface area contributed by atoms with Crippen LogP contribution >= 0.6 is 0 Å². The van der Waals surface area contributed by atoms with Crippen molar-refractivity contribution in [3.63, 3.8) is 0 Å². The molecule has 0 unspecified atom stereocenters. The smallest absolute Gasteiger partial charge is 0.386 e. The largest absolute Gasteiger partial charge is 0.416 e. The van der Waals surface area contributed by atoms with Crippen LogP contribution < -0.4 is 10.6 Å². The van der Waals surface area contributed by atoms with Gasteiger partial charge in [0.15, 0.2) is 0 Å². The zero-order chi connectivity index (χ0) is 17.5. The molecule has 2 atom stereocenters. The van der Waals surface area contributed by atoms with E-state index in [9.17, 15) is 23.1 Å². The Bertz CT molecular complexity index is 492. The van der Waals surface area contributed by atoms with Crippen LogP contribution in [0, 0.1) is 0 Å². The SMILES string of the molecule is CC[C@@H](NC(=O)NCCOC)[C@@H](O)c1ccc(C(F)(F)F)cc1. The number of aliphatic hydroxyl groups excluding tert-OH is 1. The van der Waals surface area contributed by atoms with Crippen LogP contribution in [0.15, 0.2) is 24.3 Å². The molecule has 0 fully saturated rings. The van der Waals surface area contributed by atoms with E-state index in [1.54, 1.807) is 6.92 Å². The molecule has 0 spiro atoms. The maximum atomic E-state index is 12.5. The molecule has 5 nitrogen and oxygen atoms in total. The van der Waals surface area contributed by atoms with Crippen LogP contribution in [0.1, 0.15) is 30.6 Å². The number of hydrogen-bond acceptors (Lipinski definition) is 3. The maximum Gasteiger partial charge on any atom is 0.416 e. The third-order valence-electron chi connectivity index (χ3n) is 3.31. The van der Waals surface area contributed by atoms with Gasteiger partial charge < -0.3 is 20.5 Å². The second-order valence-electron chi connectivity index (χ2n) is 4.97. The molecule has 0 aliphatic carbocycles. The number of aliphatic hydroxyl groups is 1. The van der Waals surface area contributed by atoms with E-state index >= 15 is 0 Å². The van der Waals surface area contributed by atoms with Crippen LogP contribution in [0.25, 0.3) is 0 Å². The molecular weight excluding hydrogens is 313 g/mol. The second-order valence-corrected chi connectivity index (χ2v) is 4.97. The van der Waals surface area contributed by atoms with Gasteiger partial charge in [0.25, 0.3) is 0 Å². The van der Waals surface area contributed by atoms with E-state index in [4.69, 9.17) is 4.74 Å². The van der Waals surface area contributed by atoms with Crippen LogP contribution in [0.5, 0.6) is 0 Å². The molecule has 1 aromatic rings. The van der Waals surface area contributed by atoms with E-state index in [0.717, 1.165) is 12.1 Å². The zero-order valence-electron chi connectivity index (χ0n) is 13.0. The first-order chi connectivity index (χ1) is 10.8. The lowest BCUT2D eigenvalue weighted by molar-refractivity contribution is -0.137. The summed E-state index contributed by atoms with van der Waals surface area (Å²) in [6, 6.07) is 3.14. The molecule has 1 rings (SSSR count). The fourth-order valence-electron chi connectivity index (χ4n) is 1.99. The number of urea groups is 1. The molecular formula is C15H21F3N2O3. The predicted octanol–water partition coefficient (Wildman–Crippen LogP) is 2.46. The number of amides is 2. The van der Waals surface area contributed by atoms with Gasteiger partial charge in [-0.25, -0.2) is 4.79 Å². The average Bonchev–Trinajstić information content (AvgIpc) is 2.51. The van der Waals surface area contributed by atoms with E-state index in [1.165, 1.54) is 19.2 Å². The van der Waals surface area contributed by atoms with Gasteiger partial charge in [-0.1, -0.05) is 19.1 Å². The number of nitrogens with one attached hydrogen (secondary N) is 2. The lowest BCUT2D eigenvalue weighted by atomic mass is 9.99. The van der Waals surface area contributed by atoms with E-state index in [-0.39, 0.29) is 0 Å². The Kier molecular flexibility index (Phi) is 7.31. The van der Waals surface area contributed by atoms with Crippen LogP contribution in [0.2, 0.25) is 0 Å². The van der Waals surface area contributed by atoms with Crippen molar-refractivity contribution in [3.05, 3.63) is 35.4 Å². The summed E-state index contributed by atoms with van der Waals surface area (Å²) in [7, 11) is 1.50. The molecule has 3 N–H and O–H groups in total. The van der Waals surface area contributed by atoms with E-state index in [2.05, 4.69) is 10.6 Å². The van der Waals surface area contributed by atoms with Gasteiger partial charge in [-0.15, -0.1) is 0 Å². The first kappa shape index (κ1) is 19.2. The number of rotatable bonds is 7. The summed E-state index contributed by atoms with van der Waals surface area (Å²) in [4.78, 5) is 11.7. The van der Waals surface area contributed by atoms with Crippen LogP contribution in [0.3, 0.4) is 0 Å². The summed E-state index contributed by atoms with van der Waals surface area (Å²) in [5.74, 6) is 0. The number of halogens is 3. The summed E-state index contributed by atoms with van der Waals surface area (Å²) < 4.78 is 42.4. The molecule has 0 aliphatic heterocycles. The fraction of sp³-hybridized carbons (Fsp3) is 0.533. The number of alkyl halides is 3. The van der Waals surface area contributed by atoms with E-state index in [0.29, 0.717) is 25.1 Å². The van der Waals surface area contributed by atoms with Crippen molar-refractivity contribution in [2.24, 2.45) is 0 Å². The standard InChI is InChI=1S/C15H21F3N2O3/c1-3-12(20-14(22)19-8-9-23-2)13(21)10-4-6-11(7-5-10)15(16,17)18/h4-7,12-13,21H,3,8-9H2,1-2H3,(H2,19,20,22)/t12-,13+/m1/s1. The molecule has 0 heterocycles. The molecule has 0 saturated heterocycles. The van der Waals surface area contributed by atoms with Crippen molar-refractivity contribution < 1.29 is 27.8 Å². The Morgan fingerprint density at radius 2 is 1.91 bits per heavy atom. The minimum Gasteiger partial charge on any atom is -0.386 e. The van der Waals surface area contributed by atoms with Crippen LogP contribution in [-0.4, -0.2) is 37.4 Å². The fourth-order valence-corrected chi connectivity index (χ4v) is 1.99. The van der Waals surface area contributed by atoms with E-state index < -0.39 is 29.9 Å². The Balaban J connectivity index is 2.68. The molecule has 0 bridgehead atoms. The molecule has 2 amide bonds. The number of benzene rings is 1. The second kappa shape index (κ2) is 8.73. The summed E-state index contributed by atoms with van der Waals surface area (Å²) in [5.41, 5.74) is -0.478. The van der Waals surface area contributed by atoms with Crippen molar-refractivity contribution in [1.82, 2.24) is 10.6 Å². The number of hydrogen-bond donors (Lipinski definition) is 3. The van der Waals surface area contributed by atoms with Gasteiger partial charge in [-0.3, -0.25) is 0 Å². The predicted molar refractivity (Wildman–Crippen MR) is 78.9 cm³/mol. The summed E-state index contributed by atoms with van der Waals surface area (Å²) >= 11 is 0. The Labute approximate surface area is 132 Å². The van der Waals surface area contributed by atoms with Crippen molar-refractivity contribution in [2.45, 2.75) is 31.7 Å². The van der Waals surface area contributed by atoms with Crippen molar-refractivity contribution >= 4 is 6.03 Å². The maximum absolute atomic E-state index is 12.5. The van der Waals surface area contributed by atoms with Gasteiger partial charge in [-0.05, 0) is 24.1 Å². The highest BCUT2D eigenvalue weighted by Gasteiger charge is 2.30. The Morgan fingerprint density at radius 1 is 1.30 bits per heavy atom.